The number of nitrogens with one attached hydrogen (secondary N) is 1. The number of hydrogen-bond acceptors (Lipinski definition) is 3. The lowest BCUT2D eigenvalue weighted by molar-refractivity contribution is 0.0564. The van der Waals surface area contributed by atoms with E-state index in [0.29, 0.717) is 32.0 Å². The SMILES string of the molecule is Cc1ccc(NC(=O)N2CCOCC2)cc1O. The molecule has 0 saturated carbocycles. The van der Waals surface area contributed by atoms with Gasteiger partial charge in [0.25, 0.3) is 0 Å². The molecule has 1 aromatic carbocycles. The van der Waals surface area contributed by atoms with Gasteiger partial charge in [0.05, 0.1) is 13.2 Å². The number of hydrogen-bond donors (Lipinski definition) is 2. The van der Waals surface area contributed by atoms with Gasteiger partial charge in [-0.25, -0.2) is 4.79 Å². The van der Waals surface area contributed by atoms with E-state index in [-0.39, 0.29) is 11.8 Å². The van der Waals surface area contributed by atoms with Crippen LogP contribution in [0.3, 0.4) is 0 Å². The number of carbonyl (C=O) groups is 1. The zero-order valence-electron chi connectivity index (χ0n) is 9.77. The third kappa shape index (κ3) is 2.88. The Labute approximate surface area is 100.0 Å². The van der Waals surface area contributed by atoms with E-state index in [9.17, 15) is 9.90 Å². The van der Waals surface area contributed by atoms with Crippen LogP contribution in [0, 0.1) is 6.92 Å². The van der Waals surface area contributed by atoms with Crippen molar-refractivity contribution in [3.8, 4) is 5.75 Å². The first-order valence-electron chi connectivity index (χ1n) is 5.60. The van der Waals surface area contributed by atoms with Crippen LogP contribution in [-0.4, -0.2) is 42.3 Å². The van der Waals surface area contributed by atoms with Crippen LogP contribution < -0.4 is 5.32 Å². The fourth-order valence-electron chi connectivity index (χ4n) is 1.66. The Morgan fingerprint density at radius 3 is 2.76 bits per heavy atom. The Hall–Kier alpha value is -1.75. The molecular weight excluding hydrogens is 220 g/mol. The van der Waals surface area contributed by atoms with E-state index in [2.05, 4.69) is 5.32 Å². The Morgan fingerprint density at radius 1 is 1.41 bits per heavy atom. The maximum absolute atomic E-state index is 11.8. The van der Waals surface area contributed by atoms with E-state index in [4.69, 9.17) is 4.74 Å². The Bertz CT molecular complexity index is 414. The molecular formula is C12H16N2O3. The molecule has 1 fully saturated rings. The van der Waals surface area contributed by atoms with Gasteiger partial charge in [-0.3, -0.25) is 0 Å². The van der Waals surface area contributed by atoms with Gasteiger partial charge in [-0.15, -0.1) is 0 Å². The van der Waals surface area contributed by atoms with Crippen molar-refractivity contribution in [2.24, 2.45) is 0 Å². The molecule has 1 aliphatic heterocycles. The number of nitrogens with zero attached hydrogens (tertiary/aromatic N) is 1. The second kappa shape index (κ2) is 5.05. The van der Waals surface area contributed by atoms with Crippen LogP contribution in [0.15, 0.2) is 18.2 Å². The molecule has 1 saturated heterocycles. The van der Waals surface area contributed by atoms with Crippen LogP contribution in [0.1, 0.15) is 5.56 Å². The van der Waals surface area contributed by atoms with E-state index in [0.717, 1.165) is 5.56 Å². The molecule has 92 valence electrons. The average Bonchev–Trinajstić information content (AvgIpc) is 2.35. The van der Waals surface area contributed by atoms with Gasteiger partial charge in [-0.2, -0.15) is 0 Å². The van der Waals surface area contributed by atoms with Crippen LogP contribution in [-0.2, 0) is 4.74 Å². The number of benzene rings is 1. The Morgan fingerprint density at radius 2 is 2.12 bits per heavy atom. The lowest BCUT2D eigenvalue weighted by atomic mass is 10.2. The van der Waals surface area contributed by atoms with Crippen LogP contribution in [0.25, 0.3) is 0 Å². The number of morpholine rings is 1. The summed E-state index contributed by atoms with van der Waals surface area (Å²) in [6.45, 7) is 4.16. The van der Waals surface area contributed by atoms with E-state index in [1.165, 1.54) is 0 Å². The lowest BCUT2D eigenvalue weighted by Crippen LogP contribution is -2.43. The molecule has 0 bridgehead atoms. The minimum absolute atomic E-state index is 0.156. The van der Waals surface area contributed by atoms with Crippen molar-refractivity contribution in [2.75, 3.05) is 31.6 Å². The Kier molecular flexibility index (Phi) is 3.49. The molecule has 1 aromatic rings. The molecule has 0 aromatic heterocycles. The van der Waals surface area contributed by atoms with Gasteiger partial charge >= 0.3 is 6.03 Å². The van der Waals surface area contributed by atoms with Crippen molar-refractivity contribution in [1.82, 2.24) is 4.90 Å². The fraction of sp³-hybridized carbons (Fsp3) is 0.417. The summed E-state index contributed by atoms with van der Waals surface area (Å²) in [6.07, 6.45) is 0. The number of rotatable bonds is 1. The van der Waals surface area contributed by atoms with Crippen LogP contribution in [0.5, 0.6) is 5.75 Å². The van der Waals surface area contributed by atoms with Crippen LogP contribution >= 0.6 is 0 Å². The molecule has 2 amide bonds. The molecule has 1 heterocycles. The van der Waals surface area contributed by atoms with Gasteiger partial charge in [0.2, 0.25) is 0 Å². The molecule has 1 aliphatic rings. The minimum Gasteiger partial charge on any atom is -0.508 e. The quantitative estimate of drug-likeness (QED) is 0.778. The summed E-state index contributed by atoms with van der Waals surface area (Å²) in [7, 11) is 0. The fourth-order valence-corrected chi connectivity index (χ4v) is 1.66. The highest BCUT2D eigenvalue weighted by atomic mass is 16.5. The van der Waals surface area contributed by atoms with Crippen LogP contribution in [0.4, 0.5) is 10.5 Å². The van der Waals surface area contributed by atoms with Gasteiger partial charge in [0, 0.05) is 24.8 Å². The summed E-state index contributed by atoms with van der Waals surface area (Å²) in [5.74, 6) is 0.185. The van der Waals surface area contributed by atoms with Crippen molar-refractivity contribution in [3.63, 3.8) is 0 Å². The number of carbonyl (C=O) groups excluding carboxylic acids is 1. The van der Waals surface area contributed by atoms with E-state index in [1.807, 2.05) is 6.92 Å². The molecule has 0 unspecified atom stereocenters. The number of aryl methyl sites for hydroxylation is 1. The first-order valence-corrected chi connectivity index (χ1v) is 5.60. The number of ether oxygens (including phenoxy) is 1. The second-order valence-corrected chi connectivity index (χ2v) is 4.03. The van der Waals surface area contributed by atoms with E-state index >= 15 is 0 Å². The number of amides is 2. The number of phenols is 1. The minimum atomic E-state index is -0.156. The standard InChI is InChI=1S/C12H16N2O3/c1-9-2-3-10(8-11(9)15)13-12(16)14-4-6-17-7-5-14/h2-3,8,15H,4-7H2,1H3,(H,13,16). The third-order valence-corrected chi connectivity index (χ3v) is 2.76. The second-order valence-electron chi connectivity index (χ2n) is 4.03. The summed E-state index contributed by atoms with van der Waals surface area (Å²) in [4.78, 5) is 13.5. The monoisotopic (exact) mass is 236 g/mol. The van der Waals surface area contributed by atoms with Crippen molar-refractivity contribution >= 4 is 11.7 Å². The summed E-state index contributed by atoms with van der Waals surface area (Å²) in [5, 5.41) is 12.3. The van der Waals surface area contributed by atoms with Crippen molar-refractivity contribution in [3.05, 3.63) is 23.8 Å². The molecule has 5 heteroatoms. The topological polar surface area (TPSA) is 61.8 Å². The van der Waals surface area contributed by atoms with Gasteiger partial charge in [-0.05, 0) is 18.6 Å². The molecule has 5 nitrogen and oxygen atoms in total. The predicted molar refractivity (Wildman–Crippen MR) is 64.3 cm³/mol. The highest BCUT2D eigenvalue weighted by molar-refractivity contribution is 5.89. The zero-order chi connectivity index (χ0) is 12.3. The highest BCUT2D eigenvalue weighted by Crippen LogP contribution is 2.21. The Balaban J connectivity index is 1.99. The molecule has 0 spiro atoms. The van der Waals surface area contributed by atoms with Crippen LogP contribution in [0.2, 0.25) is 0 Å². The summed E-state index contributed by atoms with van der Waals surface area (Å²) < 4.78 is 5.17. The summed E-state index contributed by atoms with van der Waals surface area (Å²) in [6, 6.07) is 4.93. The predicted octanol–water partition coefficient (Wildman–Crippen LogP) is 1.56. The average molecular weight is 236 g/mol. The number of urea groups is 1. The van der Waals surface area contributed by atoms with Gasteiger partial charge < -0.3 is 20.1 Å². The summed E-state index contributed by atoms with van der Waals surface area (Å²) >= 11 is 0. The van der Waals surface area contributed by atoms with Gasteiger partial charge in [0.1, 0.15) is 5.75 Å². The first kappa shape index (κ1) is 11.7. The van der Waals surface area contributed by atoms with Gasteiger partial charge in [-0.1, -0.05) is 6.07 Å². The zero-order valence-corrected chi connectivity index (χ0v) is 9.77. The maximum Gasteiger partial charge on any atom is 0.322 e. The molecule has 2 N–H and O–H groups in total. The number of phenolic OH excluding ortho intramolecular Hbond substituents is 1. The van der Waals surface area contributed by atoms with E-state index in [1.54, 1.807) is 23.1 Å². The number of anilines is 1. The number of aromatic hydroxyl groups is 1. The lowest BCUT2D eigenvalue weighted by Gasteiger charge is -2.26. The maximum atomic E-state index is 11.8. The largest absolute Gasteiger partial charge is 0.508 e. The van der Waals surface area contributed by atoms with Crippen molar-refractivity contribution in [2.45, 2.75) is 6.92 Å². The van der Waals surface area contributed by atoms with E-state index < -0.39 is 0 Å². The summed E-state index contributed by atoms with van der Waals surface area (Å²) in [5.41, 5.74) is 1.39. The highest BCUT2D eigenvalue weighted by Gasteiger charge is 2.16. The molecule has 0 aliphatic carbocycles. The first-order chi connectivity index (χ1) is 8.16. The molecule has 0 radical (unpaired) electrons. The third-order valence-electron chi connectivity index (χ3n) is 2.76. The molecule has 0 atom stereocenters. The van der Waals surface area contributed by atoms with Crippen molar-refractivity contribution in [1.29, 1.82) is 0 Å². The smallest absolute Gasteiger partial charge is 0.322 e. The molecule has 2 rings (SSSR count). The normalized spacial score (nSPS) is 15.7. The molecule has 17 heavy (non-hydrogen) atoms. The van der Waals surface area contributed by atoms with Gasteiger partial charge in [0.15, 0.2) is 0 Å². The van der Waals surface area contributed by atoms with Crippen molar-refractivity contribution < 1.29 is 14.6 Å².